The van der Waals surface area contributed by atoms with Crippen LogP contribution in [0.2, 0.25) is 0 Å². The highest BCUT2D eigenvalue weighted by Gasteiger charge is 2.65. The summed E-state index contributed by atoms with van der Waals surface area (Å²) in [6.07, 6.45) is 11.3. The van der Waals surface area contributed by atoms with Crippen LogP contribution in [0.5, 0.6) is 0 Å². The molecule has 3 fully saturated rings. The lowest BCUT2D eigenvalue weighted by atomic mass is 9.85. The molecule has 6 rings (SSSR count). The number of fused-ring (bicyclic) bond motifs is 1. The van der Waals surface area contributed by atoms with Crippen molar-refractivity contribution >= 4 is 12.0 Å². The number of amides is 1. The number of carbonyl (C=O) groups is 1. The number of rotatable bonds is 3. The van der Waals surface area contributed by atoms with Gasteiger partial charge in [0.1, 0.15) is 11.3 Å². The highest BCUT2D eigenvalue weighted by atomic mass is 16.3. The molecule has 28 heavy (non-hydrogen) atoms. The predicted molar refractivity (Wildman–Crippen MR) is 108 cm³/mol. The van der Waals surface area contributed by atoms with Gasteiger partial charge in [0.25, 0.3) is 0 Å². The van der Waals surface area contributed by atoms with Gasteiger partial charge >= 0.3 is 0 Å². The Morgan fingerprint density at radius 2 is 1.93 bits per heavy atom. The standard InChI is InChI=1S/C24H26N2O2/c27-23-24-10-4-11-26(24)20(8-9-22-7-3-12-28-22)15-19(24)16-25(23)21-13-17-5-1-2-6-18(17)14-21/h1-3,5-9,12,19-21H,4,10-11,13-16H2/b9-8+/t19-,20+,24-/m0/s1. The van der Waals surface area contributed by atoms with Crippen molar-refractivity contribution in [3.8, 4) is 0 Å². The van der Waals surface area contributed by atoms with E-state index in [0.717, 1.165) is 51.0 Å². The predicted octanol–water partition coefficient (Wildman–Crippen LogP) is 3.53. The van der Waals surface area contributed by atoms with E-state index in [1.165, 1.54) is 11.1 Å². The number of furan rings is 1. The van der Waals surface area contributed by atoms with E-state index in [1.54, 1.807) is 6.26 Å². The molecule has 3 aliphatic heterocycles. The molecule has 4 aliphatic rings. The smallest absolute Gasteiger partial charge is 0.243 e. The molecule has 4 heterocycles. The number of hydrogen-bond acceptors (Lipinski definition) is 3. The molecule has 4 heteroatoms. The Morgan fingerprint density at radius 3 is 2.68 bits per heavy atom. The molecule has 0 unspecified atom stereocenters. The van der Waals surface area contributed by atoms with Gasteiger partial charge < -0.3 is 9.32 Å². The number of benzene rings is 1. The summed E-state index contributed by atoms with van der Waals surface area (Å²) in [6, 6.07) is 13.3. The van der Waals surface area contributed by atoms with Crippen LogP contribution in [0.25, 0.3) is 6.08 Å². The van der Waals surface area contributed by atoms with E-state index in [9.17, 15) is 4.79 Å². The molecule has 1 amide bonds. The van der Waals surface area contributed by atoms with Crippen LogP contribution in [-0.2, 0) is 17.6 Å². The van der Waals surface area contributed by atoms with Crippen LogP contribution in [0.1, 0.15) is 36.1 Å². The number of likely N-dealkylation sites (tertiary alicyclic amines) is 1. The highest BCUT2D eigenvalue weighted by molar-refractivity contribution is 5.90. The Bertz CT molecular complexity index is 909. The average Bonchev–Trinajstić information content (AvgIpc) is 3.49. The first-order chi connectivity index (χ1) is 13.8. The zero-order valence-electron chi connectivity index (χ0n) is 16.1. The van der Waals surface area contributed by atoms with Gasteiger partial charge in [0, 0.05) is 24.5 Å². The van der Waals surface area contributed by atoms with Crippen LogP contribution in [0.4, 0.5) is 0 Å². The van der Waals surface area contributed by atoms with Crippen LogP contribution in [0, 0.1) is 5.92 Å². The maximum atomic E-state index is 13.7. The van der Waals surface area contributed by atoms with Crippen LogP contribution < -0.4 is 0 Å². The highest BCUT2D eigenvalue weighted by Crippen LogP contribution is 2.52. The van der Waals surface area contributed by atoms with Crippen molar-refractivity contribution in [3.63, 3.8) is 0 Å². The normalized spacial score (nSPS) is 32.4. The molecular weight excluding hydrogens is 348 g/mol. The van der Waals surface area contributed by atoms with E-state index in [0.29, 0.717) is 23.9 Å². The summed E-state index contributed by atoms with van der Waals surface area (Å²) in [5.74, 6) is 1.75. The van der Waals surface area contributed by atoms with E-state index in [1.807, 2.05) is 12.1 Å². The number of hydrogen-bond donors (Lipinski definition) is 0. The summed E-state index contributed by atoms with van der Waals surface area (Å²) in [5.41, 5.74) is 2.61. The zero-order valence-corrected chi connectivity index (χ0v) is 16.1. The fraction of sp³-hybridized carbons (Fsp3) is 0.458. The molecule has 1 aromatic heterocycles. The maximum absolute atomic E-state index is 13.7. The zero-order chi connectivity index (χ0) is 18.7. The van der Waals surface area contributed by atoms with Gasteiger partial charge in [-0.15, -0.1) is 0 Å². The van der Waals surface area contributed by atoms with Crippen LogP contribution >= 0.6 is 0 Å². The van der Waals surface area contributed by atoms with Gasteiger partial charge in [-0.2, -0.15) is 0 Å². The molecule has 144 valence electrons. The summed E-state index contributed by atoms with van der Waals surface area (Å²) in [4.78, 5) is 18.5. The van der Waals surface area contributed by atoms with Gasteiger partial charge in [0.2, 0.25) is 5.91 Å². The summed E-state index contributed by atoms with van der Waals surface area (Å²) >= 11 is 0. The minimum absolute atomic E-state index is 0.243. The molecule has 1 aromatic carbocycles. The van der Waals surface area contributed by atoms with Crippen molar-refractivity contribution in [2.24, 2.45) is 5.92 Å². The summed E-state index contributed by atoms with van der Waals surface area (Å²) in [7, 11) is 0. The Hall–Kier alpha value is -2.33. The molecule has 0 bridgehead atoms. The fourth-order valence-electron chi connectivity index (χ4n) is 6.42. The van der Waals surface area contributed by atoms with Crippen LogP contribution in [0.3, 0.4) is 0 Å². The average molecular weight is 374 g/mol. The lowest BCUT2D eigenvalue weighted by Crippen LogP contribution is -2.52. The topological polar surface area (TPSA) is 36.7 Å². The minimum Gasteiger partial charge on any atom is -0.465 e. The SMILES string of the molecule is O=C1N(C2Cc3ccccc3C2)C[C@@H]2C[C@@H](/C=C/c3ccco3)N3CCC[C@@]123. The third-order valence-corrected chi connectivity index (χ3v) is 7.62. The Morgan fingerprint density at radius 1 is 1.11 bits per heavy atom. The fourth-order valence-corrected chi connectivity index (χ4v) is 6.42. The number of carbonyl (C=O) groups excluding carboxylic acids is 1. The first-order valence-corrected chi connectivity index (χ1v) is 10.6. The van der Waals surface area contributed by atoms with E-state index in [4.69, 9.17) is 4.42 Å². The van der Waals surface area contributed by atoms with Crippen LogP contribution in [0.15, 0.2) is 53.2 Å². The van der Waals surface area contributed by atoms with Crippen molar-refractivity contribution in [1.82, 2.24) is 9.80 Å². The first-order valence-electron chi connectivity index (χ1n) is 10.6. The summed E-state index contributed by atoms with van der Waals surface area (Å²) < 4.78 is 5.45. The van der Waals surface area contributed by atoms with Gasteiger partial charge in [-0.3, -0.25) is 9.69 Å². The molecule has 1 spiro atoms. The van der Waals surface area contributed by atoms with Gasteiger partial charge in [-0.1, -0.05) is 30.3 Å². The van der Waals surface area contributed by atoms with Crippen molar-refractivity contribution in [1.29, 1.82) is 0 Å². The molecule has 0 saturated carbocycles. The van der Waals surface area contributed by atoms with E-state index >= 15 is 0 Å². The monoisotopic (exact) mass is 374 g/mol. The molecule has 0 radical (unpaired) electrons. The van der Waals surface area contributed by atoms with Crippen molar-refractivity contribution in [3.05, 3.63) is 65.6 Å². The van der Waals surface area contributed by atoms with Crippen molar-refractivity contribution in [2.75, 3.05) is 13.1 Å². The quantitative estimate of drug-likeness (QED) is 0.825. The van der Waals surface area contributed by atoms with E-state index < -0.39 is 0 Å². The number of nitrogens with zero attached hydrogens (tertiary/aromatic N) is 2. The second kappa shape index (κ2) is 6.08. The Kier molecular flexibility index (Phi) is 3.61. The lowest BCUT2D eigenvalue weighted by molar-refractivity contribution is -0.138. The molecule has 4 nitrogen and oxygen atoms in total. The van der Waals surface area contributed by atoms with Gasteiger partial charge in [-0.25, -0.2) is 0 Å². The Balaban J connectivity index is 1.25. The minimum atomic E-state index is -0.243. The lowest BCUT2D eigenvalue weighted by Gasteiger charge is -2.34. The molecule has 2 aromatic rings. The van der Waals surface area contributed by atoms with E-state index in [-0.39, 0.29) is 5.54 Å². The second-order valence-corrected chi connectivity index (χ2v) is 8.88. The van der Waals surface area contributed by atoms with Gasteiger partial charge in [0.15, 0.2) is 0 Å². The van der Waals surface area contributed by atoms with E-state index in [2.05, 4.69) is 46.2 Å². The summed E-state index contributed by atoms with van der Waals surface area (Å²) in [5, 5.41) is 0. The van der Waals surface area contributed by atoms with Crippen LogP contribution in [-0.4, -0.2) is 46.4 Å². The third-order valence-electron chi connectivity index (χ3n) is 7.62. The Labute approximate surface area is 165 Å². The molecule has 3 saturated heterocycles. The molecule has 0 N–H and O–H groups in total. The molecule has 1 aliphatic carbocycles. The third kappa shape index (κ3) is 2.24. The van der Waals surface area contributed by atoms with Crippen molar-refractivity contribution in [2.45, 2.75) is 49.7 Å². The first kappa shape index (κ1) is 16.6. The molecule has 3 atom stereocenters. The second-order valence-electron chi connectivity index (χ2n) is 8.88. The largest absolute Gasteiger partial charge is 0.465 e. The maximum Gasteiger partial charge on any atom is 0.243 e. The molecular formula is C24H26N2O2. The van der Waals surface area contributed by atoms with Gasteiger partial charge in [-0.05, 0) is 68.0 Å². The van der Waals surface area contributed by atoms with Gasteiger partial charge in [0.05, 0.1) is 6.26 Å². The van der Waals surface area contributed by atoms with Crippen molar-refractivity contribution < 1.29 is 9.21 Å². The summed E-state index contributed by atoms with van der Waals surface area (Å²) in [6.45, 7) is 1.97.